The molecule has 11 heteroatoms. The fourth-order valence-corrected chi connectivity index (χ4v) is 0.899. The van der Waals surface area contributed by atoms with Crippen molar-refractivity contribution in [1.82, 2.24) is 4.98 Å². The highest BCUT2D eigenvalue weighted by atomic mass is 16.6. The molecule has 1 rings (SSSR count). The summed E-state index contributed by atoms with van der Waals surface area (Å²) >= 11 is 0. The van der Waals surface area contributed by atoms with Crippen molar-refractivity contribution in [2.45, 2.75) is 0 Å². The summed E-state index contributed by atoms with van der Waals surface area (Å²) in [6, 6.07) is 0.461. The van der Waals surface area contributed by atoms with E-state index in [0.717, 1.165) is 0 Å². The molecule has 1 aromatic heterocycles. The average molecular weight is 229 g/mol. The topological polar surface area (TPSA) is 168 Å². The molecule has 0 amide bonds. The highest BCUT2D eigenvalue weighted by Crippen LogP contribution is 2.32. The highest BCUT2D eigenvalue weighted by molar-refractivity contribution is 5.69. The lowest BCUT2D eigenvalue weighted by Gasteiger charge is -1.99. The van der Waals surface area contributed by atoms with E-state index in [0.29, 0.717) is 6.07 Å². The van der Waals surface area contributed by atoms with Gasteiger partial charge in [-0.2, -0.15) is 0 Å². The summed E-state index contributed by atoms with van der Waals surface area (Å²) in [5.41, 5.74) is 3.34. The third-order valence-electron chi connectivity index (χ3n) is 1.56. The first-order valence-electron chi connectivity index (χ1n) is 3.58. The lowest BCUT2D eigenvalue weighted by molar-refractivity contribution is -0.408. The molecule has 0 aliphatic heterocycles. The summed E-state index contributed by atoms with van der Waals surface area (Å²) in [5, 5.41) is 31.1. The van der Waals surface area contributed by atoms with Crippen LogP contribution in [0.2, 0.25) is 0 Å². The van der Waals surface area contributed by atoms with Crippen LogP contribution in [0.4, 0.5) is 23.0 Å². The minimum atomic E-state index is -1.13. The number of nitro groups is 3. The lowest BCUT2D eigenvalue weighted by Crippen LogP contribution is -2.05. The molecule has 1 aromatic rings. The zero-order valence-corrected chi connectivity index (χ0v) is 7.39. The van der Waals surface area contributed by atoms with Crippen LogP contribution in [0.1, 0.15) is 0 Å². The lowest BCUT2D eigenvalue weighted by atomic mass is 10.3. The maximum atomic E-state index is 10.4. The standard InChI is InChI=1S/C5H3N5O6/c6-4-2(8(11)12)1-3(9(13)14)7-5(4)10(15)16/h1H,6H2. The molecule has 0 saturated heterocycles. The van der Waals surface area contributed by atoms with Crippen LogP contribution >= 0.6 is 0 Å². The van der Waals surface area contributed by atoms with Gasteiger partial charge in [-0.15, -0.1) is 0 Å². The Kier molecular flexibility index (Phi) is 2.61. The van der Waals surface area contributed by atoms with E-state index in [9.17, 15) is 30.3 Å². The number of hydrogen-bond donors (Lipinski definition) is 1. The molecule has 2 N–H and O–H groups in total. The number of aromatic nitrogens is 1. The number of hydrogen-bond acceptors (Lipinski definition) is 8. The van der Waals surface area contributed by atoms with Gasteiger partial charge in [-0.25, -0.2) is 0 Å². The van der Waals surface area contributed by atoms with Crippen LogP contribution in [-0.4, -0.2) is 19.8 Å². The molecule has 16 heavy (non-hydrogen) atoms. The van der Waals surface area contributed by atoms with Gasteiger partial charge in [0.1, 0.15) is 6.07 Å². The minimum absolute atomic E-state index is 0.461. The van der Waals surface area contributed by atoms with Gasteiger partial charge in [0.25, 0.3) is 0 Å². The first-order chi connectivity index (χ1) is 7.34. The maximum Gasteiger partial charge on any atom is 0.398 e. The Morgan fingerprint density at radius 3 is 2.00 bits per heavy atom. The predicted molar refractivity (Wildman–Crippen MR) is 48.6 cm³/mol. The van der Waals surface area contributed by atoms with E-state index in [1.165, 1.54) is 0 Å². The van der Waals surface area contributed by atoms with Crippen LogP contribution in [0.15, 0.2) is 6.07 Å². The summed E-state index contributed by atoms with van der Waals surface area (Å²) in [7, 11) is 0. The molecular formula is C5H3N5O6. The molecule has 0 aliphatic carbocycles. The zero-order chi connectivity index (χ0) is 12.5. The van der Waals surface area contributed by atoms with Crippen LogP contribution in [0.3, 0.4) is 0 Å². The normalized spacial score (nSPS) is 9.75. The summed E-state index contributed by atoms with van der Waals surface area (Å²) in [5.74, 6) is -2.12. The number of nitrogens with zero attached hydrogens (tertiary/aromatic N) is 4. The molecule has 0 radical (unpaired) electrons. The van der Waals surface area contributed by atoms with E-state index in [1.807, 2.05) is 0 Å². The third kappa shape index (κ3) is 1.82. The SMILES string of the molecule is Nc1c([N+](=O)[O-])cc([N+](=O)[O-])nc1[N+](=O)[O-]. The van der Waals surface area contributed by atoms with E-state index in [4.69, 9.17) is 5.73 Å². The first kappa shape index (κ1) is 11.2. The van der Waals surface area contributed by atoms with Gasteiger partial charge >= 0.3 is 17.3 Å². The van der Waals surface area contributed by atoms with Gasteiger partial charge in [-0.1, -0.05) is 0 Å². The largest absolute Gasteiger partial charge is 0.398 e. The average Bonchev–Trinajstić information content (AvgIpc) is 2.16. The number of nitrogens with two attached hydrogens (primary N) is 1. The van der Waals surface area contributed by atoms with Gasteiger partial charge in [0.05, 0.1) is 4.92 Å². The fraction of sp³-hybridized carbons (Fsp3) is 0. The van der Waals surface area contributed by atoms with E-state index in [1.54, 1.807) is 0 Å². The zero-order valence-electron chi connectivity index (χ0n) is 7.39. The molecule has 0 unspecified atom stereocenters. The highest BCUT2D eigenvalue weighted by Gasteiger charge is 2.29. The summed E-state index contributed by atoms with van der Waals surface area (Å²) < 4.78 is 0. The second kappa shape index (κ2) is 3.72. The van der Waals surface area contributed by atoms with Gasteiger partial charge in [0.2, 0.25) is 5.69 Å². The number of pyridine rings is 1. The smallest absolute Gasteiger partial charge is 0.386 e. The molecule has 0 fully saturated rings. The summed E-state index contributed by atoms with van der Waals surface area (Å²) in [4.78, 5) is 30.8. The van der Waals surface area contributed by atoms with Gasteiger partial charge in [-0.05, 0) is 9.85 Å². The quantitative estimate of drug-likeness (QED) is 0.572. The number of anilines is 1. The van der Waals surface area contributed by atoms with E-state index in [2.05, 4.69) is 4.98 Å². The molecule has 0 spiro atoms. The monoisotopic (exact) mass is 229 g/mol. The second-order valence-corrected chi connectivity index (χ2v) is 2.51. The summed E-state index contributed by atoms with van der Waals surface area (Å²) in [6.07, 6.45) is 0. The third-order valence-corrected chi connectivity index (χ3v) is 1.56. The second-order valence-electron chi connectivity index (χ2n) is 2.51. The van der Waals surface area contributed by atoms with Crippen molar-refractivity contribution in [2.24, 2.45) is 0 Å². The van der Waals surface area contributed by atoms with Crippen molar-refractivity contribution < 1.29 is 14.8 Å². The Labute approximate surface area is 85.9 Å². The molecule has 0 aliphatic rings. The summed E-state index contributed by atoms with van der Waals surface area (Å²) in [6.45, 7) is 0. The van der Waals surface area contributed by atoms with Gasteiger partial charge in [0, 0.05) is 4.98 Å². The molecule has 0 bridgehead atoms. The Morgan fingerprint density at radius 2 is 1.62 bits per heavy atom. The molecule has 1 heterocycles. The van der Waals surface area contributed by atoms with Crippen LogP contribution < -0.4 is 5.73 Å². The number of rotatable bonds is 3. The Bertz CT molecular complexity index is 463. The van der Waals surface area contributed by atoms with Crippen molar-refractivity contribution in [3.8, 4) is 0 Å². The molecule has 84 valence electrons. The van der Waals surface area contributed by atoms with Crippen LogP contribution in [0.25, 0.3) is 0 Å². The minimum Gasteiger partial charge on any atom is -0.386 e. The first-order valence-corrected chi connectivity index (χ1v) is 3.58. The van der Waals surface area contributed by atoms with E-state index in [-0.39, 0.29) is 0 Å². The van der Waals surface area contributed by atoms with Gasteiger partial charge < -0.3 is 26.0 Å². The van der Waals surface area contributed by atoms with Crippen molar-refractivity contribution in [1.29, 1.82) is 0 Å². The fourth-order valence-electron chi connectivity index (χ4n) is 0.899. The van der Waals surface area contributed by atoms with Crippen molar-refractivity contribution in [2.75, 3.05) is 5.73 Å². The van der Waals surface area contributed by atoms with E-state index < -0.39 is 37.8 Å². The molecule has 0 saturated carbocycles. The van der Waals surface area contributed by atoms with Crippen LogP contribution in [-0.2, 0) is 0 Å². The Hall–Kier alpha value is -2.85. The van der Waals surface area contributed by atoms with E-state index >= 15 is 0 Å². The predicted octanol–water partition coefficient (Wildman–Crippen LogP) is 0.388. The van der Waals surface area contributed by atoms with Crippen molar-refractivity contribution in [3.05, 3.63) is 36.4 Å². The van der Waals surface area contributed by atoms with Crippen LogP contribution in [0.5, 0.6) is 0 Å². The number of nitrogen functional groups attached to an aromatic ring is 1. The maximum absolute atomic E-state index is 10.4. The van der Waals surface area contributed by atoms with Gasteiger partial charge in [0.15, 0.2) is 0 Å². The van der Waals surface area contributed by atoms with Crippen LogP contribution in [0, 0.1) is 30.3 Å². The molecular weight excluding hydrogens is 226 g/mol. The van der Waals surface area contributed by atoms with Gasteiger partial charge in [-0.3, -0.25) is 10.1 Å². The molecule has 11 nitrogen and oxygen atoms in total. The van der Waals surface area contributed by atoms with Crippen molar-refractivity contribution >= 4 is 23.0 Å². The molecule has 0 atom stereocenters. The Morgan fingerprint density at radius 1 is 1.06 bits per heavy atom. The molecule has 0 aromatic carbocycles. The Balaban J connectivity index is 3.57. The van der Waals surface area contributed by atoms with Crippen molar-refractivity contribution in [3.63, 3.8) is 0 Å².